The minimum atomic E-state index is -0.495. The van der Waals surface area contributed by atoms with Crippen LogP contribution in [0.25, 0.3) is 0 Å². The third-order valence-electron chi connectivity index (χ3n) is 2.92. The first-order valence-electron chi connectivity index (χ1n) is 6.65. The zero-order valence-corrected chi connectivity index (χ0v) is 12.2. The fraction of sp³-hybridized carbons (Fsp3) is 0.533. The van der Waals surface area contributed by atoms with E-state index in [1.165, 1.54) is 0 Å². The Morgan fingerprint density at radius 2 is 2.16 bits per heavy atom. The van der Waals surface area contributed by atoms with Gasteiger partial charge in [0.15, 0.2) is 0 Å². The van der Waals surface area contributed by atoms with E-state index in [2.05, 4.69) is 23.5 Å². The first-order valence-corrected chi connectivity index (χ1v) is 6.65. The standard InChI is InChI=1S/C15H24N2O2/c1-10-7-5-6-8-11(2)14(10)19-9-12(3)17-15(18)13(4)16/h5,7-8,12-13H,6,9,16H2,1-4H3,(H,17,18). The molecule has 106 valence electrons. The Bertz CT molecular complexity index is 420. The van der Waals surface area contributed by atoms with Gasteiger partial charge in [0.25, 0.3) is 0 Å². The molecule has 0 aromatic rings. The number of ether oxygens (including phenoxy) is 1. The van der Waals surface area contributed by atoms with Crippen LogP contribution in [0.5, 0.6) is 0 Å². The summed E-state index contributed by atoms with van der Waals surface area (Å²) in [6.07, 6.45) is 7.23. The summed E-state index contributed by atoms with van der Waals surface area (Å²) in [5.41, 5.74) is 7.75. The summed E-state index contributed by atoms with van der Waals surface area (Å²) < 4.78 is 5.83. The van der Waals surface area contributed by atoms with Crippen LogP contribution in [0.4, 0.5) is 0 Å². The summed E-state index contributed by atoms with van der Waals surface area (Å²) in [7, 11) is 0. The predicted molar refractivity (Wildman–Crippen MR) is 77.4 cm³/mol. The average molecular weight is 264 g/mol. The quantitative estimate of drug-likeness (QED) is 0.798. The Hall–Kier alpha value is -1.55. The van der Waals surface area contributed by atoms with Gasteiger partial charge < -0.3 is 15.8 Å². The molecule has 0 bridgehead atoms. The van der Waals surface area contributed by atoms with Crippen molar-refractivity contribution in [2.45, 2.75) is 46.2 Å². The molecule has 3 N–H and O–H groups in total. The van der Waals surface area contributed by atoms with E-state index >= 15 is 0 Å². The molecular weight excluding hydrogens is 240 g/mol. The molecule has 1 aliphatic carbocycles. The molecule has 4 nitrogen and oxygen atoms in total. The molecule has 0 aromatic heterocycles. The Labute approximate surface area is 115 Å². The van der Waals surface area contributed by atoms with Crippen molar-refractivity contribution in [3.63, 3.8) is 0 Å². The maximum Gasteiger partial charge on any atom is 0.236 e. The van der Waals surface area contributed by atoms with Gasteiger partial charge in [0, 0.05) is 0 Å². The van der Waals surface area contributed by atoms with Gasteiger partial charge in [0.1, 0.15) is 12.4 Å². The van der Waals surface area contributed by atoms with E-state index in [1.54, 1.807) is 6.92 Å². The second-order valence-corrected chi connectivity index (χ2v) is 5.05. The Morgan fingerprint density at radius 3 is 2.79 bits per heavy atom. The number of nitrogens with one attached hydrogen (secondary N) is 1. The number of amides is 1. The van der Waals surface area contributed by atoms with Crippen molar-refractivity contribution < 1.29 is 9.53 Å². The summed E-state index contributed by atoms with van der Waals surface area (Å²) >= 11 is 0. The number of carbonyl (C=O) groups is 1. The van der Waals surface area contributed by atoms with Gasteiger partial charge in [-0.1, -0.05) is 18.2 Å². The van der Waals surface area contributed by atoms with Crippen molar-refractivity contribution >= 4 is 5.91 Å². The minimum absolute atomic E-state index is 0.0705. The van der Waals surface area contributed by atoms with Gasteiger partial charge in [-0.25, -0.2) is 0 Å². The number of allylic oxidation sites excluding steroid dienone is 5. The number of hydrogen-bond donors (Lipinski definition) is 2. The average Bonchev–Trinajstić information content (AvgIpc) is 2.49. The smallest absolute Gasteiger partial charge is 0.236 e. The fourth-order valence-corrected chi connectivity index (χ4v) is 1.82. The van der Waals surface area contributed by atoms with Gasteiger partial charge in [-0.2, -0.15) is 0 Å². The predicted octanol–water partition coefficient (Wildman–Crippen LogP) is 2.04. The van der Waals surface area contributed by atoms with Crippen molar-refractivity contribution in [3.8, 4) is 0 Å². The normalized spacial score (nSPS) is 18.5. The van der Waals surface area contributed by atoms with Gasteiger partial charge in [0.2, 0.25) is 5.91 Å². The van der Waals surface area contributed by atoms with Crippen LogP contribution in [-0.4, -0.2) is 24.6 Å². The summed E-state index contributed by atoms with van der Waals surface area (Å²) in [6.45, 7) is 8.07. The van der Waals surface area contributed by atoms with E-state index in [1.807, 2.05) is 20.8 Å². The number of carbonyl (C=O) groups excluding carboxylic acids is 1. The van der Waals surface area contributed by atoms with Crippen molar-refractivity contribution in [1.82, 2.24) is 5.32 Å². The molecule has 19 heavy (non-hydrogen) atoms. The zero-order chi connectivity index (χ0) is 14.4. The maximum absolute atomic E-state index is 11.5. The molecule has 1 rings (SSSR count). The summed E-state index contributed by atoms with van der Waals surface area (Å²) in [5.74, 6) is 0.741. The third-order valence-corrected chi connectivity index (χ3v) is 2.92. The van der Waals surface area contributed by atoms with Gasteiger partial charge in [-0.05, 0) is 45.3 Å². The van der Waals surface area contributed by atoms with E-state index in [4.69, 9.17) is 10.5 Å². The summed E-state index contributed by atoms with van der Waals surface area (Å²) in [5, 5.41) is 2.82. The summed E-state index contributed by atoms with van der Waals surface area (Å²) in [6, 6.07) is -0.565. The van der Waals surface area contributed by atoms with Gasteiger partial charge >= 0.3 is 0 Å². The van der Waals surface area contributed by atoms with Crippen molar-refractivity contribution in [2.75, 3.05) is 6.61 Å². The largest absolute Gasteiger partial charge is 0.491 e. The van der Waals surface area contributed by atoms with Crippen molar-refractivity contribution in [3.05, 3.63) is 35.1 Å². The monoisotopic (exact) mass is 264 g/mol. The lowest BCUT2D eigenvalue weighted by Crippen LogP contribution is -2.44. The molecule has 4 heteroatoms. The molecule has 1 amide bonds. The van der Waals surface area contributed by atoms with Crippen molar-refractivity contribution in [2.24, 2.45) is 5.73 Å². The molecule has 0 spiro atoms. The third kappa shape index (κ3) is 4.91. The van der Waals surface area contributed by atoms with E-state index < -0.39 is 6.04 Å². The van der Waals surface area contributed by atoms with Crippen LogP contribution in [0.15, 0.2) is 35.1 Å². The van der Waals surface area contributed by atoms with E-state index in [0.29, 0.717) is 6.61 Å². The first-order chi connectivity index (χ1) is 8.91. The molecule has 0 aromatic carbocycles. The van der Waals surface area contributed by atoms with Crippen LogP contribution < -0.4 is 11.1 Å². The van der Waals surface area contributed by atoms with E-state index in [-0.39, 0.29) is 11.9 Å². The minimum Gasteiger partial charge on any atom is -0.491 e. The highest BCUT2D eigenvalue weighted by Gasteiger charge is 2.13. The Balaban J connectivity index is 2.56. The number of rotatable bonds is 5. The second kappa shape index (κ2) is 7.14. The molecule has 0 aliphatic heterocycles. The van der Waals surface area contributed by atoms with E-state index in [9.17, 15) is 4.79 Å². The Kier molecular flexibility index (Phi) is 5.83. The highest BCUT2D eigenvalue weighted by molar-refractivity contribution is 5.81. The maximum atomic E-state index is 11.5. The molecule has 2 atom stereocenters. The molecule has 0 heterocycles. The number of nitrogens with two attached hydrogens (primary N) is 1. The number of hydrogen-bond acceptors (Lipinski definition) is 3. The highest BCUT2D eigenvalue weighted by Crippen LogP contribution is 2.20. The van der Waals surface area contributed by atoms with Gasteiger partial charge in [-0.15, -0.1) is 0 Å². The van der Waals surface area contributed by atoms with Crippen molar-refractivity contribution in [1.29, 1.82) is 0 Å². The molecule has 2 unspecified atom stereocenters. The summed E-state index contributed by atoms with van der Waals surface area (Å²) in [4.78, 5) is 11.5. The molecule has 1 aliphatic rings. The SMILES string of the molecule is CC1=CCC=CC(C)=C1OCC(C)NC(=O)C(C)N. The van der Waals surface area contributed by atoms with E-state index in [0.717, 1.165) is 23.3 Å². The molecule has 0 saturated heterocycles. The topological polar surface area (TPSA) is 64.3 Å². The van der Waals surface area contributed by atoms with Crippen LogP contribution in [0.2, 0.25) is 0 Å². The van der Waals surface area contributed by atoms with Crippen LogP contribution in [0.1, 0.15) is 34.1 Å². The zero-order valence-electron chi connectivity index (χ0n) is 12.2. The van der Waals surface area contributed by atoms with Gasteiger partial charge in [0.05, 0.1) is 12.1 Å². The molecule has 0 fully saturated rings. The fourth-order valence-electron chi connectivity index (χ4n) is 1.82. The second-order valence-electron chi connectivity index (χ2n) is 5.05. The first kappa shape index (κ1) is 15.5. The van der Waals surface area contributed by atoms with Gasteiger partial charge in [-0.3, -0.25) is 4.79 Å². The lowest BCUT2D eigenvalue weighted by atomic mass is 10.1. The molecular formula is C15H24N2O2. The van der Waals surface area contributed by atoms with Crippen LogP contribution >= 0.6 is 0 Å². The van der Waals surface area contributed by atoms with Crippen LogP contribution in [-0.2, 0) is 9.53 Å². The van der Waals surface area contributed by atoms with Crippen LogP contribution in [0, 0.1) is 0 Å². The lowest BCUT2D eigenvalue weighted by molar-refractivity contribution is -0.122. The Morgan fingerprint density at radius 1 is 1.47 bits per heavy atom. The van der Waals surface area contributed by atoms with Crippen LogP contribution in [0.3, 0.4) is 0 Å². The molecule has 0 saturated carbocycles. The molecule has 0 radical (unpaired) electrons. The highest BCUT2D eigenvalue weighted by atomic mass is 16.5. The lowest BCUT2D eigenvalue weighted by Gasteiger charge is -2.19.